The molecule has 0 unspecified atom stereocenters. The van der Waals surface area contributed by atoms with E-state index in [0.29, 0.717) is 16.9 Å². The lowest BCUT2D eigenvalue weighted by Gasteiger charge is -2.57. The number of aromatic carboxylic acids is 1. The fourth-order valence-electron chi connectivity index (χ4n) is 6.41. The summed E-state index contributed by atoms with van der Waals surface area (Å²) in [6.07, 6.45) is 11.0. The smallest absolute Gasteiger partial charge is 0.335 e. The molecule has 0 atom stereocenters. The number of hydrogen-bond donors (Lipinski definition) is 2. The van der Waals surface area contributed by atoms with Gasteiger partial charge in [-0.25, -0.2) is 4.79 Å². The predicted octanol–water partition coefficient (Wildman–Crippen LogP) is 5.38. The molecule has 31 heavy (non-hydrogen) atoms. The number of rotatable bonds is 6. The highest BCUT2D eigenvalue weighted by Crippen LogP contribution is 2.60. The molecular formula is C26H27NO4. The Morgan fingerprint density at radius 2 is 1.48 bits per heavy atom. The van der Waals surface area contributed by atoms with Crippen LogP contribution in [0, 0.1) is 17.8 Å². The van der Waals surface area contributed by atoms with Gasteiger partial charge in [-0.2, -0.15) is 0 Å². The summed E-state index contributed by atoms with van der Waals surface area (Å²) in [5, 5.41) is 11.6. The fourth-order valence-corrected chi connectivity index (χ4v) is 6.41. The lowest BCUT2D eigenvalue weighted by molar-refractivity contribution is -0.112. The van der Waals surface area contributed by atoms with Gasteiger partial charge in [0.05, 0.1) is 11.8 Å². The Hall–Kier alpha value is -3.08. The van der Waals surface area contributed by atoms with Gasteiger partial charge in [0.2, 0.25) is 0 Å². The molecule has 2 aromatic carbocycles. The molecule has 0 saturated heterocycles. The monoisotopic (exact) mass is 417 g/mol. The van der Waals surface area contributed by atoms with Crippen molar-refractivity contribution in [2.24, 2.45) is 17.8 Å². The Bertz CT molecular complexity index is 971. The molecule has 0 radical (unpaired) electrons. The molecule has 4 aliphatic carbocycles. The standard InChI is InChI=1S/C26H27NO4/c28-24(27-22-5-1-20(2-6-22)25(29)30)9-10-31-23-7-3-21(4-8-23)26-14-17-11-18(15-26)13-19(12-17)16-26/h1-10,17-19H,11-16H2,(H,27,28)(H,29,30). The highest BCUT2D eigenvalue weighted by Gasteiger charge is 2.51. The van der Waals surface area contributed by atoms with E-state index in [1.165, 1.54) is 68.6 Å². The number of anilines is 1. The second kappa shape index (κ2) is 7.88. The number of amides is 1. The van der Waals surface area contributed by atoms with Crippen LogP contribution in [0.25, 0.3) is 0 Å². The number of nitrogens with one attached hydrogen (secondary N) is 1. The van der Waals surface area contributed by atoms with Crippen LogP contribution in [0.2, 0.25) is 0 Å². The van der Waals surface area contributed by atoms with Crippen molar-refractivity contribution in [2.75, 3.05) is 5.32 Å². The molecular weight excluding hydrogens is 390 g/mol. The zero-order valence-corrected chi connectivity index (χ0v) is 17.4. The van der Waals surface area contributed by atoms with E-state index in [1.54, 1.807) is 12.1 Å². The van der Waals surface area contributed by atoms with E-state index in [2.05, 4.69) is 17.4 Å². The third-order valence-corrected chi connectivity index (χ3v) is 7.33. The summed E-state index contributed by atoms with van der Waals surface area (Å²) in [5.41, 5.74) is 2.53. The molecule has 2 aromatic rings. The SMILES string of the molecule is O=C(C=COc1ccc(C23CC4CC(CC(C4)C2)C3)cc1)Nc1ccc(C(=O)O)cc1. The van der Waals surface area contributed by atoms with Gasteiger partial charge in [0.15, 0.2) is 0 Å². The van der Waals surface area contributed by atoms with Crippen LogP contribution in [0.15, 0.2) is 60.9 Å². The maximum absolute atomic E-state index is 12.0. The number of ether oxygens (including phenoxy) is 1. The fraction of sp³-hybridized carbons (Fsp3) is 0.385. The first kappa shape index (κ1) is 19.9. The number of carboxylic acids is 1. The minimum atomic E-state index is -1.000. The lowest BCUT2D eigenvalue weighted by atomic mass is 9.48. The molecule has 6 rings (SSSR count). The summed E-state index contributed by atoms with van der Waals surface area (Å²) in [5.74, 6) is 2.13. The van der Waals surface area contributed by atoms with Crippen molar-refractivity contribution in [1.82, 2.24) is 0 Å². The van der Waals surface area contributed by atoms with Gasteiger partial charge < -0.3 is 15.2 Å². The Balaban J connectivity index is 1.17. The van der Waals surface area contributed by atoms with Gasteiger partial charge in [0.25, 0.3) is 5.91 Å². The molecule has 160 valence electrons. The summed E-state index contributed by atoms with van der Waals surface area (Å²) >= 11 is 0. The number of carboxylic acid groups (broad SMARTS) is 1. The van der Waals surface area contributed by atoms with E-state index in [1.807, 2.05) is 12.1 Å². The Kier molecular flexibility index (Phi) is 5.05. The van der Waals surface area contributed by atoms with Crippen molar-refractivity contribution in [1.29, 1.82) is 0 Å². The second-order valence-corrected chi connectivity index (χ2v) is 9.51. The normalized spacial score (nSPS) is 28.6. The van der Waals surface area contributed by atoms with Gasteiger partial charge in [-0.15, -0.1) is 0 Å². The summed E-state index contributed by atoms with van der Waals surface area (Å²) in [4.78, 5) is 22.9. The van der Waals surface area contributed by atoms with E-state index < -0.39 is 5.97 Å². The Morgan fingerprint density at radius 3 is 2.03 bits per heavy atom. The Labute approximate surface area is 182 Å². The van der Waals surface area contributed by atoms with Crippen LogP contribution in [-0.2, 0) is 10.2 Å². The number of benzene rings is 2. The van der Waals surface area contributed by atoms with Gasteiger partial charge >= 0.3 is 5.97 Å². The summed E-state index contributed by atoms with van der Waals surface area (Å²) in [6, 6.07) is 14.4. The van der Waals surface area contributed by atoms with Gasteiger partial charge in [0, 0.05) is 11.8 Å². The van der Waals surface area contributed by atoms with Crippen LogP contribution in [0.3, 0.4) is 0 Å². The third-order valence-electron chi connectivity index (χ3n) is 7.33. The minimum absolute atomic E-state index is 0.175. The largest absolute Gasteiger partial charge is 0.478 e. The van der Waals surface area contributed by atoms with E-state index >= 15 is 0 Å². The minimum Gasteiger partial charge on any atom is -0.478 e. The van der Waals surface area contributed by atoms with E-state index in [9.17, 15) is 9.59 Å². The Morgan fingerprint density at radius 1 is 0.903 bits per heavy atom. The maximum atomic E-state index is 12.0. The topological polar surface area (TPSA) is 75.6 Å². The van der Waals surface area contributed by atoms with Crippen molar-refractivity contribution in [3.8, 4) is 5.75 Å². The average molecular weight is 418 g/mol. The summed E-state index contributed by atoms with van der Waals surface area (Å²) in [6.45, 7) is 0. The second-order valence-electron chi connectivity index (χ2n) is 9.51. The van der Waals surface area contributed by atoms with Crippen molar-refractivity contribution in [2.45, 2.75) is 43.9 Å². The molecule has 4 fully saturated rings. The first-order valence-electron chi connectivity index (χ1n) is 11.1. The highest BCUT2D eigenvalue weighted by molar-refractivity contribution is 5.99. The molecule has 1 amide bonds. The zero-order chi connectivity index (χ0) is 21.4. The van der Waals surface area contributed by atoms with Gasteiger partial charge in [0.1, 0.15) is 5.75 Å². The highest BCUT2D eigenvalue weighted by atomic mass is 16.5. The first-order valence-corrected chi connectivity index (χ1v) is 11.1. The zero-order valence-electron chi connectivity index (χ0n) is 17.4. The van der Waals surface area contributed by atoms with Crippen molar-refractivity contribution in [3.63, 3.8) is 0 Å². The van der Waals surface area contributed by atoms with Crippen molar-refractivity contribution < 1.29 is 19.4 Å². The van der Waals surface area contributed by atoms with Crippen molar-refractivity contribution in [3.05, 3.63) is 72.0 Å². The average Bonchev–Trinajstić information content (AvgIpc) is 2.73. The van der Waals surface area contributed by atoms with E-state index in [-0.39, 0.29) is 11.5 Å². The molecule has 5 nitrogen and oxygen atoms in total. The summed E-state index contributed by atoms with van der Waals surface area (Å²) in [7, 11) is 0. The molecule has 0 aliphatic heterocycles. The molecule has 2 N–H and O–H groups in total. The molecule has 4 saturated carbocycles. The lowest BCUT2D eigenvalue weighted by Crippen LogP contribution is -2.48. The molecule has 4 aliphatic rings. The van der Waals surface area contributed by atoms with Crippen LogP contribution in [0.5, 0.6) is 5.75 Å². The van der Waals surface area contributed by atoms with Crippen LogP contribution < -0.4 is 10.1 Å². The molecule has 0 heterocycles. The van der Waals surface area contributed by atoms with Crippen LogP contribution >= 0.6 is 0 Å². The van der Waals surface area contributed by atoms with Crippen molar-refractivity contribution >= 4 is 17.6 Å². The number of carbonyl (C=O) groups excluding carboxylic acids is 1. The molecule has 0 spiro atoms. The predicted molar refractivity (Wildman–Crippen MR) is 118 cm³/mol. The number of carbonyl (C=O) groups is 2. The van der Waals surface area contributed by atoms with Gasteiger partial charge in [-0.3, -0.25) is 4.79 Å². The summed E-state index contributed by atoms with van der Waals surface area (Å²) < 4.78 is 5.62. The third kappa shape index (κ3) is 4.09. The van der Waals surface area contributed by atoms with Crippen LogP contribution in [-0.4, -0.2) is 17.0 Å². The molecule has 0 aromatic heterocycles. The first-order chi connectivity index (χ1) is 15.0. The van der Waals surface area contributed by atoms with Crippen LogP contribution in [0.1, 0.15) is 54.4 Å². The van der Waals surface area contributed by atoms with E-state index in [0.717, 1.165) is 17.8 Å². The van der Waals surface area contributed by atoms with E-state index in [4.69, 9.17) is 9.84 Å². The maximum Gasteiger partial charge on any atom is 0.335 e. The van der Waals surface area contributed by atoms with Crippen LogP contribution in [0.4, 0.5) is 5.69 Å². The van der Waals surface area contributed by atoms with Gasteiger partial charge in [-0.05, 0) is 104 Å². The quantitative estimate of drug-likeness (QED) is 0.488. The number of hydrogen-bond acceptors (Lipinski definition) is 3. The molecule has 5 heteroatoms. The van der Waals surface area contributed by atoms with Gasteiger partial charge in [-0.1, -0.05) is 12.1 Å². The molecule has 4 bridgehead atoms.